The Morgan fingerprint density at radius 3 is 1.60 bits per heavy atom. The molecule has 4 aromatic heterocycles. The van der Waals surface area contributed by atoms with Crippen molar-refractivity contribution in [3.05, 3.63) is 188 Å². The summed E-state index contributed by atoms with van der Waals surface area (Å²) in [5.41, 5.74) is 12.1. The molecular formula is C52H31N3S2. The summed E-state index contributed by atoms with van der Waals surface area (Å²) in [5.74, 6) is 0.725. The Kier molecular flexibility index (Phi) is 7.27. The summed E-state index contributed by atoms with van der Waals surface area (Å²) in [6.45, 7) is 0. The standard InChI is InChI=1S/C52H31N3S2/c1-4-16-32(17-5-1)41-30-35(46-51-47(40-24-12-15-27-45(40)57-51)54-52(53-46)34-20-8-3-9-21-34)31-42(33-18-6-2-7-19-33)48(41)55-43-25-13-10-22-36(43)38-28-29-39-37-23-11-14-26-44(37)56-50(39)49(38)55/h1-31H. The highest BCUT2D eigenvalue weighted by Crippen LogP contribution is 2.48. The molecule has 266 valence electrons. The molecule has 57 heavy (non-hydrogen) atoms. The van der Waals surface area contributed by atoms with Crippen LogP contribution in [0, 0.1) is 0 Å². The number of hydrogen-bond donors (Lipinski definition) is 0. The van der Waals surface area contributed by atoms with E-state index < -0.39 is 0 Å². The van der Waals surface area contributed by atoms with Gasteiger partial charge in [0, 0.05) is 58.6 Å². The van der Waals surface area contributed by atoms with E-state index in [1.54, 1.807) is 11.3 Å². The van der Waals surface area contributed by atoms with Gasteiger partial charge in [-0.05, 0) is 41.5 Å². The van der Waals surface area contributed by atoms with Crippen molar-refractivity contribution >= 4 is 85.0 Å². The SMILES string of the molecule is c1ccc(-c2nc(-c3cc(-c4ccccc4)c(-n4c5ccccc5c5ccc6c7ccccc7sc6c54)c(-c4ccccc4)c3)c3sc4ccccc4c3n2)cc1. The zero-order valence-corrected chi connectivity index (χ0v) is 32.2. The Labute approximate surface area is 336 Å². The van der Waals surface area contributed by atoms with Gasteiger partial charge >= 0.3 is 0 Å². The molecular weight excluding hydrogens is 731 g/mol. The fourth-order valence-corrected chi connectivity index (χ4v) is 11.0. The second-order valence-corrected chi connectivity index (χ2v) is 16.6. The van der Waals surface area contributed by atoms with Crippen molar-refractivity contribution in [1.29, 1.82) is 0 Å². The fourth-order valence-electron chi connectivity index (χ4n) is 8.65. The summed E-state index contributed by atoms with van der Waals surface area (Å²) < 4.78 is 7.44. The van der Waals surface area contributed by atoms with Gasteiger partial charge in [-0.3, -0.25) is 0 Å². The van der Waals surface area contributed by atoms with Crippen molar-refractivity contribution < 1.29 is 0 Å². The van der Waals surface area contributed by atoms with E-state index in [1.807, 2.05) is 17.4 Å². The number of benzene rings is 8. The number of fused-ring (bicyclic) bond motifs is 10. The maximum Gasteiger partial charge on any atom is 0.160 e. The second-order valence-electron chi connectivity index (χ2n) is 14.5. The van der Waals surface area contributed by atoms with E-state index in [9.17, 15) is 0 Å². The molecule has 0 spiro atoms. The first kappa shape index (κ1) is 32.3. The highest BCUT2D eigenvalue weighted by Gasteiger charge is 2.25. The number of hydrogen-bond acceptors (Lipinski definition) is 4. The molecule has 5 heteroatoms. The molecule has 12 rings (SSSR count). The lowest BCUT2D eigenvalue weighted by Crippen LogP contribution is -2.02. The van der Waals surface area contributed by atoms with Crippen molar-refractivity contribution in [3.8, 4) is 50.6 Å². The Morgan fingerprint density at radius 2 is 0.912 bits per heavy atom. The molecule has 8 aromatic carbocycles. The van der Waals surface area contributed by atoms with Gasteiger partial charge in [0.1, 0.15) is 0 Å². The first-order chi connectivity index (χ1) is 28.3. The van der Waals surface area contributed by atoms with Crippen LogP contribution in [-0.2, 0) is 0 Å². The van der Waals surface area contributed by atoms with Crippen molar-refractivity contribution in [2.45, 2.75) is 0 Å². The lowest BCUT2D eigenvalue weighted by Gasteiger charge is -2.21. The molecule has 0 amide bonds. The average Bonchev–Trinajstić information content (AvgIpc) is 3.96. The molecule has 0 atom stereocenters. The van der Waals surface area contributed by atoms with E-state index in [2.05, 4.69) is 187 Å². The normalized spacial score (nSPS) is 11.9. The van der Waals surface area contributed by atoms with Crippen LogP contribution < -0.4 is 0 Å². The number of nitrogens with zero attached hydrogens (tertiary/aromatic N) is 3. The van der Waals surface area contributed by atoms with E-state index >= 15 is 0 Å². The van der Waals surface area contributed by atoms with E-state index in [0.29, 0.717) is 0 Å². The maximum atomic E-state index is 5.46. The van der Waals surface area contributed by atoms with Crippen LogP contribution in [0.2, 0.25) is 0 Å². The van der Waals surface area contributed by atoms with Crippen LogP contribution in [0.4, 0.5) is 0 Å². The van der Waals surface area contributed by atoms with Crippen LogP contribution in [-0.4, -0.2) is 14.5 Å². The summed E-state index contributed by atoms with van der Waals surface area (Å²) in [4.78, 5) is 10.7. The third-order valence-electron chi connectivity index (χ3n) is 11.2. The summed E-state index contributed by atoms with van der Waals surface area (Å²) in [5, 5.41) is 6.22. The molecule has 12 aromatic rings. The average molecular weight is 762 g/mol. The summed E-state index contributed by atoms with van der Waals surface area (Å²) in [7, 11) is 0. The van der Waals surface area contributed by atoms with Crippen LogP contribution in [0.1, 0.15) is 0 Å². The molecule has 0 saturated carbocycles. The van der Waals surface area contributed by atoms with Crippen LogP contribution >= 0.6 is 22.7 Å². The summed E-state index contributed by atoms with van der Waals surface area (Å²) in [6.07, 6.45) is 0. The minimum atomic E-state index is 0.725. The maximum absolute atomic E-state index is 5.46. The number of rotatable bonds is 5. The third-order valence-corrected chi connectivity index (χ3v) is 13.6. The van der Waals surface area contributed by atoms with Gasteiger partial charge in [-0.15, -0.1) is 22.7 Å². The topological polar surface area (TPSA) is 30.7 Å². The quantitative estimate of drug-likeness (QED) is 0.175. The van der Waals surface area contributed by atoms with Crippen molar-refractivity contribution in [2.75, 3.05) is 0 Å². The monoisotopic (exact) mass is 761 g/mol. The van der Waals surface area contributed by atoms with E-state index in [4.69, 9.17) is 9.97 Å². The molecule has 0 aliphatic rings. The summed E-state index contributed by atoms with van der Waals surface area (Å²) >= 11 is 3.66. The molecule has 0 aliphatic heterocycles. The molecule has 0 fully saturated rings. The van der Waals surface area contributed by atoms with Crippen LogP contribution in [0.5, 0.6) is 0 Å². The van der Waals surface area contributed by atoms with E-state index in [-0.39, 0.29) is 0 Å². The van der Waals surface area contributed by atoms with E-state index in [0.717, 1.165) is 66.2 Å². The minimum Gasteiger partial charge on any atom is -0.307 e. The van der Waals surface area contributed by atoms with Gasteiger partial charge in [-0.1, -0.05) is 158 Å². The first-order valence-electron chi connectivity index (χ1n) is 19.2. The highest BCUT2D eigenvalue weighted by molar-refractivity contribution is 7.27. The number of para-hydroxylation sites is 1. The molecule has 3 nitrogen and oxygen atoms in total. The van der Waals surface area contributed by atoms with Gasteiger partial charge < -0.3 is 4.57 Å². The number of aromatic nitrogens is 3. The second kappa shape index (κ2) is 12.8. The zero-order chi connectivity index (χ0) is 37.5. The van der Waals surface area contributed by atoms with E-state index in [1.165, 1.54) is 46.7 Å². The zero-order valence-electron chi connectivity index (χ0n) is 30.6. The molecule has 0 N–H and O–H groups in total. The molecule has 0 unspecified atom stereocenters. The lowest BCUT2D eigenvalue weighted by molar-refractivity contribution is 1.19. The van der Waals surface area contributed by atoms with Gasteiger partial charge in [0.25, 0.3) is 0 Å². The van der Waals surface area contributed by atoms with Crippen LogP contribution in [0.25, 0.3) is 113 Å². The Balaban J connectivity index is 1.26. The molecule has 0 bridgehead atoms. The Morgan fingerprint density at radius 1 is 0.386 bits per heavy atom. The Bertz CT molecular complexity index is 3450. The minimum absolute atomic E-state index is 0.725. The Hall–Kier alpha value is -6.92. The van der Waals surface area contributed by atoms with Crippen LogP contribution in [0.15, 0.2) is 188 Å². The first-order valence-corrected chi connectivity index (χ1v) is 20.8. The van der Waals surface area contributed by atoms with Crippen LogP contribution in [0.3, 0.4) is 0 Å². The summed E-state index contributed by atoms with van der Waals surface area (Å²) in [6, 6.07) is 67.8. The van der Waals surface area contributed by atoms with Gasteiger partial charge in [-0.25, -0.2) is 9.97 Å². The van der Waals surface area contributed by atoms with Gasteiger partial charge in [0.15, 0.2) is 5.82 Å². The smallest absolute Gasteiger partial charge is 0.160 e. The van der Waals surface area contributed by atoms with Crippen molar-refractivity contribution in [1.82, 2.24) is 14.5 Å². The van der Waals surface area contributed by atoms with Gasteiger partial charge in [0.2, 0.25) is 0 Å². The largest absolute Gasteiger partial charge is 0.307 e. The van der Waals surface area contributed by atoms with Gasteiger partial charge in [0.05, 0.1) is 37.3 Å². The molecule has 0 saturated heterocycles. The third kappa shape index (κ3) is 5.03. The molecule has 0 aliphatic carbocycles. The van der Waals surface area contributed by atoms with Gasteiger partial charge in [-0.2, -0.15) is 0 Å². The lowest BCUT2D eigenvalue weighted by atomic mass is 9.91. The fraction of sp³-hybridized carbons (Fsp3) is 0. The van der Waals surface area contributed by atoms with Crippen molar-refractivity contribution in [3.63, 3.8) is 0 Å². The predicted octanol–water partition coefficient (Wildman–Crippen LogP) is 15.0. The predicted molar refractivity (Wildman–Crippen MR) is 244 cm³/mol. The number of thiophene rings is 2. The highest BCUT2D eigenvalue weighted by atomic mass is 32.1. The molecule has 0 radical (unpaired) electrons. The molecule has 4 heterocycles. The van der Waals surface area contributed by atoms with Crippen molar-refractivity contribution in [2.24, 2.45) is 0 Å².